The van der Waals surface area contributed by atoms with Crippen molar-refractivity contribution in [2.75, 3.05) is 13.2 Å². The Hall–Kier alpha value is -1.13. The average molecular weight is 237 g/mol. The molecule has 4 nitrogen and oxygen atoms in total. The zero-order valence-corrected chi connectivity index (χ0v) is 10.2. The normalized spacial score (nSPS) is 20.4. The van der Waals surface area contributed by atoms with Crippen LogP contribution < -0.4 is 5.56 Å². The van der Waals surface area contributed by atoms with Crippen LogP contribution in [0, 0.1) is 6.92 Å². The fourth-order valence-corrected chi connectivity index (χ4v) is 1.96. The molecule has 1 saturated heterocycles. The molecule has 1 aliphatic heterocycles. The van der Waals surface area contributed by atoms with Crippen LogP contribution in [0.1, 0.15) is 24.8 Å². The largest absolute Gasteiger partial charge is 0.353 e. The molecule has 0 amide bonds. The Bertz CT molecular complexity index is 407. The molecule has 4 heteroatoms. The van der Waals surface area contributed by atoms with Crippen LogP contribution in [-0.2, 0) is 16.0 Å². The van der Waals surface area contributed by atoms with Crippen molar-refractivity contribution < 1.29 is 9.47 Å². The highest BCUT2D eigenvalue weighted by atomic mass is 16.7. The van der Waals surface area contributed by atoms with Crippen LogP contribution in [0.3, 0.4) is 0 Å². The zero-order valence-electron chi connectivity index (χ0n) is 10.2. The number of pyridine rings is 1. The Morgan fingerprint density at radius 2 is 2.41 bits per heavy atom. The lowest BCUT2D eigenvalue weighted by Crippen LogP contribution is -2.27. The van der Waals surface area contributed by atoms with E-state index in [9.17, 15) is 4.79 Å². The molecule has 1 aliphatic rings. The third kappa shape index (κ3) is 3.41. The average Bonchev–Trinajstić information content (AvgIpc) is 2.36. The molecule has 1 aromatic heterocycles. The van der Waals surface area contributed by atoms with E-state index in [4.69, 9.17) is 9.47 Å². The number of aryl methyl sites for hydroxylation is 1. The van der Waals surface area contributed by atoms with Gasteiger partial charge in [-0.1, -0.05) is 6.07 Å². The Labute approximate surface area is 101 Å². The molecule has 94 valence electrons. The predicted molar refractivity (Wildman–Crippen MR) is 65.0 cm³/mol. The third-order valence-electron chi connectivity index (χ3n) is 2.98. The molecule has 0 N–H and O–H groups in total. The van der Waals surface area contributed by atoms with Crippen molar-refractivity contribution in [2.45, 2.75) is 39.0 Å². The zero-order chi connectivity index (χ0) is 12.1. The van der Waals surface area contributed by atoms with Crippen molar-refractivity contribution in [3.05, 3.63) is 34.2 Å². The Kier molecular flexibility index (Phi) is 4.34. The smallest absolute Gasteiger partial charge is 0.253 e. The van der Waals surface area contributed by atoms with E-state index in [-0.39, 0.29) is 11.8 Å². The summed E-state index contributed by atoms with van der Waals surface area (Å²) in [5.41, 5.74) is 0.821. The lowest BCUT2D eigenvalue weighted by Gasteiger charge is -2.22. The van der Waals surface area contributed by atoms with Gasteiger partial charge in [0.15, 0.2) is 6.29 Å². The molecule has 1 fully saturated rings. The quantitative estimate of drug-likeness (QED) is 0.800. The maximum atomic E-state index is 11.7. The second-order valence-electron chi connectivity index (χ2n) is 4.36. The molecule has 2 heterocycles. The first-order valence-corrected chi connectivity index (χ1v) is 6.16. The molecule has 0 aliphatic carbocycles. The van der Waals surface area contributed by atoms with E-state index in [2.05, 4.69) is 0 Å². The molecule has 1 aromatic rings. The van der Waals surface area contributed by atoms with Crippen LogP contribution in [0.15, 0.2) is 23.1 Å². The molecule has 0 bridgehead atoms. The summed E-state index contributed by atoms with van der Waals surface area (Å²) in [4.78, 5) is 11.7. The van der Waals surface area contributed by atoms with Crippen molar-refractivity contribution in [3.8, 4) is 0 Å². The van der Waals surface area contributed by atoms with Crippen molar-refractivity contribution in [2.24, 2.45) is 0 Å². The van der Waals surface area contributed by atoms with E-state index in [1.54, 1.807) is 10.8 Å². The Balaban J connectivity index is 1.81. The van der Waals surface area contributed by atoms with Crippen LogP contribution in [0.25, 0.3) is 0 Å². The van der Waals surface area contributed by atoms with Gasteiger partial charge in [-0.15, -0.1) is 0 Å². The number of aromatic nitrogens is 1. The highest BCUT2D eigenvalue weighted by molar-refractivity contribution is 5.07. The highest BCUT2D eigenvalue weighted by Crippen LogP contribution is 2.13. The fourth-order valence-electron chi connectivity index (χ4n) is 1.96. The minimum absolute atomic E-state index is 0.0562. The molecule has 1 atom stereocenters. The lowest BCUT2D eigenvalue weighted by atomic mass is 10.2. The summed E-state index contributed by atoms with van der Waals surface area (Å²) in [6, 6.07) is 3.71. The second-order valence-corrected chi connectivity index (χ2v) is 4.36. The Morgan fingerprint density at radius 1 is 1.53 bits per heavy atom. The summed E-state index contributed by atoms with van der Waals surface area (Å²) in [5, 5.41) is 0. The Morgan fingerprint density at radius 3 is 3.18 bits per heavy atom. The van der Waals surface area contributed by atoms with E-state index in [0.29, 0.717) is 13.2 Å². The van der Waals surface area contributed by atoms with Crippen LogP contribution >= 0.6 is 0 Å². The van der Waals surface area contributed by atoms with Gasteiger partial charge in [0, 0.05) is 24.9 Å². The number of ether oxygens (including phenoxy) is 2. The molecule has 0 spiro atoms. The van der Waals surface area contributed by atoms with E-state index in [1.807, 2.05) is 19.1 Å². The minimum Gasteiger partial charge on any atom is -0.353 e. The van der Waals surface area contributed by atoms with Crippen molar-refractivity contribution >= 4 is 0 Å². The molecule has 0 unspecified atom stereocenters. The van der Waals surface area contributed by atoms with Gasteiger partial charge >= 0.3 is 0 Å². The van der Waals surface area contributed by atoms with Crippen LogP contribution in [0.5, 0.6) is 0 Å². The monoisotopic (exact) mass is 237 g/mol. The first-order chi connectivity index (χ1) is 8.27. The number of rotatable bonds is 4. The topological polar surface area (TPSA) is 40.5 Å². The lowest BCUT2D eigenvalue weighted by molar-refractivity contribution is -0.163. The number of nitrogens with zero attached hydrogens (tertiary/aromatic N) is 1. The molecule has 0 aromatic carbocycles. The van der Waals surface area contributed by atoms with Gasteiger partial charge in [0.1, 0.15) is 0 Å². The summed E-state index contributed by atoms with van der Waals surface area (Å²) >= 11 is 0. The summed E-state index contributed by atoms with van der Waals surface area (Å²) < 4.78 is 12.7. The van der Waals surface area contributed by atoms with Gasteiger partial charge in [-0.05, 0) is 32.3 Å². The molecule has 0 saturated carbocycles. The van der Waals surface area contributed by atoms with E-state index >= 15 is 0 Å². The van der Waals surface area contributed by atoms with Gasteiger partial charge in [-0.3, -0.25) is 4.79 Å². The molecule has 2 rings (SSSR count). The molecule has 17 heavy (non-hydrogen) atoms. The first kappa shape index (κ1) is 12.3. The van der Waals surface area contributed by atoms with Crippen LogP contribution in [-0.4, -0.2) is 24.1 Å². The van der Waals surface area contributed by atoms with Gasteiger partial charge in [0.2, 0.25) is 0 Å². The van der Waals surface area contributed by atoms with Gasteiger partial charge in [-0.25, -0.2) is 0 Å². The predicted octanol–water partition coefficient (Wildman–Crippen LogP) is 1.70. The van der Waals surface area contributed by atoms with Crippen molar-refractivity contribution in [1.82, 2.24) is 4.57 Å². The van der Waals surface area contributed by atoms with Crippen LogP contribution in [0.4, 0.5) is 0 Å². The summed E-state index contributed by atoms with van der Waals surface area (Å²) in [5.74, 6) is 0. The molecule has 0 radical (unpaired) electrons. The van der Waals surface area contributed by atoms with E-state index in [0.717, 1.165) is 31.4 Å². The van der Waals surface area contributed by atoms with Gasteiger partial charge in [0.25, 0.3) is 5.56 Å². The van der Waals surface area contributed by atoms with E-state index < -0.39 is 0 Å². The number of hydrogen-bond acceptors (Lipinski definition) is 3. The van der Waals surface area contributed by atoms with E-state index in [1.165, 1.54) is 0 Å². The van der Waals surface area contributed by atoms with Crippen molar-refractivity contribution in [1.29, 1.82) is 0 Å². The van der Waals surface area contributed by atoms with Crippen molar-refractivity contribution in [3.63, 3.8) is 0 Å². The van der Waals surface area contributed by atoms with Gasteiger partial charge < -0.3 is 14.0 Å². The fraction of sp³-hybridized carbons (Fsp3) is 0.615. The summed E-state index contributed by atoms with van der Waals surface area (Å²) in [7, 11) is 0. The van der Waals surface area contributed by atoms with Crippen LogP contribution in [0.2, 0.25) is 0 Å². The van der Waals surface area contributed by atoms with Gasteiger partial charge in [-0.2, -0.15) is 0 Å². The minimum atomic E-state index is -0.0794. The maximum absolute atomic E-state index is 11.7. The maximum Gasteiger partial charge on any atom is 0.253 e. The second kappa shape index (κ2) is 5.98. The third-order valence-corrected chi connectivity index (χ3v) is 2.98. The summed E-state index contributed by atoms with van der Waals surface area (Å²) in [6.07, 6.45) is 4.96. The molecular weight excluding hydrogens is 218 g/mol. The molecular formula is C13H19NO3. The van der Waals surface area contributed by atoms with Gasteiger partial charge in [0.05, 0.1) is 6.61 Å². The summed E-state index contributed by atoms with van der Waals surface area (Å²) in [6.45, 7) is 3.72. The standard InChI is InChI=1S/C13H19NO3/c1-11-5-4-7-14(13(11)15)8-10-17-12-6-2-3-9-16-12/h4-5,7,12H,2-3,6,8-10H2,1H3/t12-/m1/s1. The SMILES string of the molecule is Cc1cccn(CCO[C@@H]2CCCCO2)c1=O. The number of hydrogen-bond donors (Lipinski definition) is 0. The first-order valence-electron chi connectivity index (χ1n) is 6.16. The highest BCUT2D eigenvalue weighted by Gasteiger charge is 2.13.